The average molecular weight is 528 g/mol. The molecule has 0 aliphatic carbocycles. The SMILES string of the molecule is CCCCN(Cc1ccc(C(=O)NC(Cc2ccccc2)C(=O)O)cc1)c1nc(-c2ccc(C)cc2)cs1. The van der Waals surface area contributed by atoms with Crippen LogP contribution in [0.3, 0.4) is 0 Å². The molecule has 0 bridgehead atoms. The molecule has 38 heavy (non-hydrogen) atoms. The maximum atomic E-state index is 12.8. The van der Waals surface area contributed by atoms with Gasteiger partial charge in [-0.1, -0.05) is 85.6 Å². The van der Waals surface area contributed by atoms with Gasteiger partial charge in [-0.3, -0.25) is 4.79 Å². The van der Waals surface area contributed by atoms with Gasteiger partial charge in [0.15, 0.2) is 5.13 Å². The molecule has 0 aliphatic rings. The first-order valence-corrected chi connectivity index (χ1v) is 13.7. The fourth-order valence-corrected chi connectivity index (χ4v) is 4.99. The first kappa shape index (κ1) is 27.1. The molecule has 0 spiro atoms. The normalized spacial score (nSPS) is 11.6. The lowest BCUT2D eigenvalue weighted by molar-refractivity contribution is -0.139. The van der Waals surface area contributed by atoms with Crippen molar-refractivity contribution in [3.63, 3.8) is 0 Å². The van der Waals surface area contributed by atoms with Crippen LogP contribution in [-0.4, -0.2) is 34.6 Å². The van der Waals surface area contributed by atoms with Crippen LogP contribution in [0.2, 0.25) is 0 Å². The third-order valence-electron chi connectivity index (χ3n) is 6.37. The second kappa shape index (κ2) is 13.0. The number of carbonyl (C=O) groups is 2. The van der Waals surface area contributed by atoms with Gasteiger partial charge in [0.2, 0.25) is 0 Å². The molecule has 2 N–H and O–H groups in total. The van der Waals surface area contributed by atoms with E-state index in [9.17, 15) is 14.7 Å². The molecule has 0 saturated carbocycles. The molecule has 196 valence electrons. The summed E-state index contributed by atoms with van der Waals surface area (Å²) >= 11 is 1.64. The summed E-state index contributed by atoms with van der Waals surface area (Å²) in [5, 5.41) is 15.3. The quantitative estimate of drug-likeness (QED) is 0.224. The van der Waals surface area contributed by atoms with E-state index in [0.29, 0.717) is 12.1 Å². The zero-order chi connectivity index (χ0) is 26.9. The van der Waals surface area contributed by atoms with Crippen molar-refractivity contribution < 1.29 is 14.7 Å². The first-order chi connectivity index (χ1) is 18.4. The minimum absolute atomic E-state index is 0.227. The highest BCUT2D eigenvalue weighted by Gasteiger charge is 2.21. The van der Waals surface area contributed by atoms with Gasteiger partial charge in [-0.25, -0.2) is 9.78 Å². The molecule has 0 radical (unpaired) electrons. The minimum atomic E-state index is -1.06. The Balaban J connectivity index is 1.43. The highest BCUT2D eigenvalue weighted by molar-refractivity contribution is 7.14. The van der Waals surface area contributed by atoms with Crippen molar-refractivity contribution in [1.29, 1.82) is 0 Å². The standard InChI is InChI=1S/C31H33N3O3S/c1-3-4-18-34(31-33-28(21-38-31)25-14-10-22(2)11-15-25)20-24-12-16-26(17-13-24)29(35)32-27(30(36)37)19-23-8-6-5-7-9-23/h5-17,21,27H,3-4,18-20H2,1-2H3,(H,32,35)(H,36,37). The van der Waals surface area contributed by atoms with Gasteiger partial charge in [-0.05, 0) is 36.6 Å². The predicted molar refractivity (Wildman–Crippen MR) is 154 cm³/mol. The number of amides is 1. The van der Waals surface area contributed by atoms with Crippen LogP contribution in [0.5, 0.6) is 0 Å². The molecule has 4 rings (SSSR count). The summed E-state index contributed by atoms with van der Waals surface area (Å²) in [4.78, 5) is 31.8. The number of hydrogen-bond acceptors (Lipinski definition) is 5. The van der Waals surface area contributed by atoms with E-state index in [2.05, 4.69) is 53.7 Å². The highest BCUT2D eigenvalue weighted by atomic mass is 32.1. The van der Waals surface area contributed by atoms with E-state index in [1.165, 1.54) is 5.56 Å². The molecule has 3 aromatic carbocycles. The number of aliphatic carboxylic acids is 1. The van der Waals surface area contributed by atoms with Gasteiger partial charge in [-0.15, -0.1) is 11.3 Å². The van der Waals surface area contributed by atoms with E-state index in [-0.39, 0.29) is 6.42 Å². The van der Waals surface area contributed by atoms with Crippen LogP contribution in [0.15, 0.2) is 84.2 Å². The average Bonchev–Trinajstić information content (AvgIpc) is 3.42. The van der Waals surface area contributed by atoms with Crippen molar-refractivity contribution in [2.45, 2.75) is 45.7 Å². The van der Waals surface area contributed by atoms with E-state index >= 15 is 0 Å². The lowest BCUT2D eigenvalue weighted by Crippen LogP contribution is -2.42. The van der Waals surface area contributed by atoms with E-state index < -0.39 is 17.9 Å². The van der Waals surface area contributed by atoms with Crippen molar-refractivity contribution in [3.8, 4) is 11.3 Å². The Morgan fingerprint density at radius 2 is 1.68 bits per heavy atom. The maximum absolute atomic E-state index is 12.8. The van der Waals surface area contributed by atoms with Crippen molar-refractivity contribution in [1.82, 2.24) is 10.3 Å². The van der Waals surface area contributed by atoms with Crippen molar-refractivity contribution in [2.24, 2.45) is 0 Å². The molecule has 0 aliphatic heterocycles. The summed E-state index contributed by atoms with van der Waals surface area (Å²) in [6.07, 6.45) is 2.36. The number of unbranched alkanes of at least 4 members (excludes halogenated alkanes) is 1. The van der Waals surface area contributed by atoms with Gasteiger partial charge in [0.25, 0.3) is 5.91 Å². The van der Waals surface area contributed by atoms with Gasteiger partial charge in [0.1, 0.15) is 6.04 Å². The molecular formula is C31H33N3O3S. The number of benzene rings is 3. The zero-order valence-corrected chi connectivity index (χ0v) is 22.6. The molecule has 1 amide bonds. The lowest BCUT2D eigenvalue weighted by atomic mass is 10.1. The zero-order valence-electron chi connectivity index (χ0n) is 21.8. The molecule has 1 unspecified atom stereocenters. The number of carbonyl (C=O) groups excluding carboxylic acids is 1. The molecule has 7 heteroatoms. The van der Waals surface area contributed by atoms with Gasteiger partial charge in [0, 0.05) is 36.0 Å². The van der Waals surface area contributed by atoms with Crippen LogP contribution in [-0.2, 0) is 17.8 Å². The summed E-state index contributed by atoms with van der Waals surface area (Å²) < 4.78 is 0. The van der Waals surface area contributed by atoms with E-state index in [1.807, 2.05) is 42.5 Å². The van der Waals surface area contributed by atoms with Crippen molar-refractivity contribution in [2.75, 3.05) is 11.4 Å². The Morgan fingerprint density at radius 3 is 2.34 bits per heavy atom. The number of anilines is 1. The second-order valence-electron chi connectivity index (χ2n) is 9.41. The monoisotopic (exact) mass is 527 g/mol. The molecule has 6 nitrogen and oxygen atoms in total. The molecule has 0 fully saturated rings. The predicted octanol–water partition coefficient (Wildman–Crippen LogP) is 6.35. The van der Waals surface area contributed by atoms with Crippen LogP contribution < -0.4 is 10.2 Å². The van der Waals surface area contributed by atoms with E-state index in [0.717, 1.165) is 46.9 Å². The molecule has 0 saturated heterocycles. The van der Waals surface area contributed by atoms with Gasteiger partial charge < -0.3 is 15.3 Å². The summed E-state index contributed by atoms with van der Waals surface area (Å²) in [6, 6.07) is 24.1. The van der Waals surface area contributed by atoms with Gasteiger partial charge in [-0.2, -0.15) is 0 Å². The summed E-state index contributed by atoms with van der Waals surface area (Å²) in [6.45, 7) is 5.81. The van der Waals surface area contributed by atoms with Crippen LogP contribution in [0, 0.1) is 6.92 Å². The third-order valence-corrected chi connectivity index (χ3v) is 7.27. The largest absolute Gasteiger partial charge is 0.480 e. The Hall–Kier alpha value is -3.97. The van der Waals surface area contributed by atoms with E-state index in [4.69, 9.17) is 4.98 Å². The maximum Gasteiger partial charge on any atom is 0.326 e. The first-order valence-electron chi connectivity index (χ1n) is 12.9. The summed E-state index contributed by atoms with van der Waals surface area (Å²) in [7, 11) is 0. The summed E-state index contributed by atoms with van der Waals surface area (Å²) in [5.41, 5.74) is 5.65. The number of nitrogens with one attached hydrogen (secondary N) is 1. The smallest absolute Gasteiger partial charge is 0.326 e. The highest BCUT2D eigenvalue weighted by Crippen LogP contribution is 2.29. The van der Waals surface area contributed by atoms with Gasteiger partial charge in [0.05, 0.1) is 5.69 Å². The topological polar surface area (TPSA) is 82.5 Å². The number of carboxylic acids is 1. The van der Waals surface area contributed by atoms with Crippen LogP contribution in [0.1, 0.15) is 46.8 Å². The second-order valence-corrected chi connectivity index (χ2v) is 10.2. The van der Waals surface area contributed by atoms with Crippen LogP contribution in [0.4, 0.5) is 5.13 Å². The lowest BCUT2D eigenvalue weighted by Gasteiger charge is -2.22. The fourth-order valence-electron chi connectivity index (χ4n) is 4.13. The third kappa shape index (κ3) is 7.29. The number of thiazole rings is 1. The Labute approximate surface area is 228 Å². The van der Waals surface area contributed by atoms with Crippen LogP contribution >= 0.6 is 11.3 Å². The molecule has 1 heterocycles. The minimum Gasteiger partial charge on any atom is -0.480 e. The molecule has 1 aromatic heterocycles. The summed E-state index contributed by atoms with van der Waals surface area (Å²) in [5.74, 6) is -1.45. The molecule has 4 aromatic rings. The number of hydrogen-bond donors (Lipinski definition) is 2. The Morgan fingerprint density at radius 1 is 0.974 bits per heavy atom. The number of carboxylic acid groups (broad SMARTS) is 1. The van der Waals surface area contributed by atoms with Crippen LogP contribution in [0.25, 0.3) is 11.3 Å². The number of aryl methyl sites for hydroxylation is 1. The Kier molecular flexibility index (Phi) is 9.27. The fraction of sp³-hybridized carbons (Fsp3) is 0.258. The molecular weight excluding hydrogens is 494 g/mol. The Bertz CT molecular complexity index is 1340. The van der Waals surface area contributed by atoms with Crippen molar-refractivity contribution >= 4 is 28.3 Å². The number of nitrogens with zero attached hydrogens (tertiary/aromatic N) is 2. The van der Waals surface area contributed by atoms with E-state index in [1.54, 1.807) is 23.5 Å². The number of aromatic nitrogens is 1. The molecule has 1 atom stereocenters. The van der Waals surface area contributed by atoms with Gasteiger partial charge >= 0.3 is 5.97 Å². The van der Waals surface area contributed by atoms with Crippen molar-refractivity contribution in [3.05, 3.63) is 106 Å². The number of rotatable bonds is 12.